The van der Waals surface area contributed by atoms with Crippen molar-refractivity contribution in [3.63, 3.8) is 0 Å². The smallest absolute Gasteiger partial charge is 0.319 e. The zero-order chi connectivity index (χ0) is 23.2. The van der Waals surface area contributed by atoms with Crippen molar-refractivity contribution in [1.82, 2.24) is 15.1 Å². The largest absolute Gasteiger partial charge is 0.450 e. The van der Waals surface area contributed by atoms with Crippen LogP contribution in [0.25, 0.3) is 11.0 Å². The number of nitrogens with zero attached hydrogens (tertiary/aromatic N) is 2. The topological polar surface area (TPSA) is 77.8 Å². The van der Waals surface area contributed by atoms with Gasteiger partial charge in [-0.05, 0) is 70.8 Å². The Kier molecular flexibility index (Phi) is 6.04. The van der Waals surface area contributed by atoms with Crippen molar-refractivity contribution in [3.05, 3.63) is 28.5 Å². The molecule has 1 aromatic heterocycles. The number of amides is 3. The number of furan rings is 1. The Labute approximate surface area is 199 Å². The van der Waals surface area contributed by atoms with Crippen molar-refractivity contribution in [3.8, 4) is 0 Å². The number of urea groups is 1. The van der Waals surface area contributed by atoms with Gasteiger partial charge in [0.1, 0.15) is 5.58 Å². The van der Waals surface area contributed by atoms with Crippen molar-refractivity contribution in [2.24, 2.45) is 5.92 Å². The standard InChI is InChI=1S/C25H33ClN4O3/c1-29(2)11-6-16-7-12-30(13-8-16)23(31)19-15-17-14-18(26)21-20(22(17)33-19)25(28-24(32)27-21)9-4-3-5-10-25/h14-16H,3-13H2,1-2H3,(H2,27,28,32). The van der Waals surface area contributed by atoms with Gasteiger partial charge in [-0.25, -0.2) is 4.79 Å². The van der Waals surface area contributed by atoms with Crippen molar-refractivity contribution >= 4 is 40.2 Å². The first-order valence-electron chi connectivity index (χ1n) is 12.2. The van der Waals surface area contributed by atoms with Crippen LogP contribution in [-0.4, -0.2) is 55.5 Å². The molecule has 1 aliphatic carbocycles. The van der Waals surface area contributed by atoms with E-state index in [0.717, 1.165) is 75.5 Å². The molecule has 7 nitrogen and oxygen atoms in total. The Bertz CT molecular complexity index is 1070. The lowest BCUT2D eigenvalue weighted by Crippen LogP contribution is -2.52. The van der Waals surface area contributed by atoms with Gasteiger partial charge in [0.2, 0.25) is 0 Å². The number of carbonyl (C=O) groups excluding carboxylic acids is 2. The Balaban J connectivity index is 1.43. The summed E-state index contributed by atoms with van der Waals surface area (Å²) in [6.07, 6.45) is 8.12. The predicted octanol–water partition coefficient (Wildman–Crippen LogP) is 5.18. The van der Waals surface area contributed by atoms with Gasteiger partial charge in [-0.1, -0.05) is 30.9 Å². The van der Waals surface area contributed by atoms with Crippen LogP contribution in [0, 0.1) is 5.92 Å². The zero-order valence-electron chi connectivity index (χ0n) is 19.5. The van der Waals surface area contributed by atoms with Crippen LogP contribution in [0.2, 0.25) is 5.02 Å². The highest BCUT2D eigenvalue weighted by Crippen LogP contribution is 2.49. The number of fused-ring (bicyclic) bond motifs is 4. The third kappa shape index (κ3) is 4.21. The lowest BCUT2D eigenvalue weighted by Gasteiger charge is -2.42. The lowest BCUT2D eigenvalue weighted by molar-refractivity contribution is 0.0653. The minimum Gasteiger partial charge on any atom is -0.450 e. The first kappa shape index (κ1) is 22.5. The molecule has 2 N–H and O–H groups in total. The number of anilines is 1. The molecule has 0 bridgehead atoms. The summed E-state index contributed by atoms with van der Waals surface area (Å²) in [4.78, 5) is 29.9. The van der Waals surface area contributed by atoms with Gasteiger partial charge in [-0.3, -0.25) is 4.79 Å². The van der Waals surface area contributed by atoms with Crippen molar-refractivity contribution in [1.29, 1.82) is 0 Å². The maximum atomic E-state index is 13.3. The first-order valence-corrected chi connectivity index (χ1v) is 12.5. The van der Waals surface area contributed by atoms with Gasteiger partial charge in [0, 0.05) is 24.0 Å². The molecule has 3 amide bonds. The number of likely N-dealkylation sites (tertiary alicyclic amines) is 1. The van der Waals surface area contributed by atoms with E-state index in [9.17, 15) is 9.59 Å². The number of benzene rings is 1. The van der Waals surface area contributed by atoms with Gasteiger partial charge in [-0.2, -0.15) is 0 Å². The third-order valence-electron chi connectivity index (χ3n) is 7.63. The molecule has 0 unspecified atom stereocenters. The van der Waals surface area contributed by atoms with Crippen LogP contribution in [0.3, 0.4) is 0 Å². The van der Waals surface area contributed by atoms with Gasteiger partial charge in [0.05, 0.1) is 16.2 Å². The van der Waals surface area contributed by atoms with Crippen LogP contribution >= 0.6 is 11.6 Å². The molecule has 0 radical (unpaired) electrons. The number of nitrogens with one attached hydrogen (secondary N) is 2. The summed E-state index contributed by atoms with van der Waals surface area (Å²) in [5, 5.41) is 7.34. The summed E-state index contributed by atoms with van der Waals surface area (Å²) >= 11 is 6.61. The summed E-state index contributed by atoms with van der Waals surface area (Å²) in [5.74, 6) is 0.954. The van der Waals surface area contributed by atoms with Crippen LogP contribution < -0.4 is 10.6 Å². The van der Waals surface area contributed by atoms with Crippen LogP contribution in [0.15, 0.2) is 16.5 Å². The van der Waals surface area contributed by atoms with E-state index < -0.39 is 5.54 Å². The molecular weight excluding hydrogens is 440 g/mol. The Morgan fingerprint density at radius 1 is 1.21 bits per heavy atom. The molecule has 1 saturated carbocycles. The maximum absolute atomic E-state index is 13.3. The van der Waals surface area contributed by atoms with Gasteiger partial charge in [-0.15, -0.1) is 0 Å². The van der Waals surface area contributed by atoms with Crippen LogP contribution in [0.4, 0.5) is 10.5 Å². The van der Waals surface area contributed by atoms with E-state index in [1.54, 1.807) is 6.07 Å². The molecule has 2 aromatic rings. The van der Waals surface area contributed by atoms with E-state index in [-0.39, 0.29) is 11.9 Å². The Hall–Kier alpha value is -2.25. The highest BCUT2D eigenvalue weighted by Gasteiger charge is 2.44. The molecule has 2 fully saturated rings. The van der Waals surface area contributed by atoms with Crippen molar-refractivity contribution in [2.45, 2.75) is 56.9 Å². The number of piperidine rings is 1. The summed E-state index contributed by atoms with van der Waals surface area (Å²) in [6.45, 7) is 2.60. The molecule has 1 aromatic carbocycles. The molecular formula is C25H33ClN4O3. The van der Waals surface area contributed by atoms with E-state index in [0.29, 0.717) is 28.0 Å². The number of hydrogen-bond donors (Lipinski definition) is 2. The molecule has 2 aliphatic heterocycles. The first-order chi connectivity index (χ1) is 15.9. The summed E-state index contributed by atoms with van der Waals surface area (Å²) < 4.78 is 6.26. The van der Waals surface area contributed by atoms with Crippen molar-refractivity contribution in [2.75, 3.05) is 39.0 Å². The second kappa shape index (κ2) is 8.84. The molecule has 1 saturated heterocycles. The maximum Gasteiger partial charge on any atom is 0.319 e. The molecule has 3 heterocycles. The minimum atomic E-state index is -0.498. The fourth-order valence-electron chi connectivity index (χ4n) is 5.81. The highest BCUT2D eigenvalue weighted by molar-refractivity contribution is 6.35. The van der Waals surface area contributed by atoms with E-state index in [1.165, 1.54) is 6.42 Å². The monoisotopic (exact) mass is 472 g/mol. The number of rotatable bonds is 4. The SMILES string of the molecule is CN(C)CCC1CCN(C(=O)c2cc3cc(Cl)c4c(c3o2)C2(CCCCC2)NC(=O)N4)CC1. The second-order valence-corrected chi connectivity index (χ2v) is 10.6. The molecule has 8 heteroatoms. The number of carbonyl (C=O) groups is 2. The van der Waals surface area contributed by atoms with Crippen LogP contribution in [-0.2, 0) is 5.54 Å². The number of hydrogen-bond acceptors (Lipinski definition) is 4. The molecule has 1 spiro atoms. The number of halogens is 1. The van der Waals surface area contributed by atoms with E-state index >= 15 is 0 Å². The van der Waals surface area contributed by atoms with Crippen molar-refractivity contribution < 1.29 is 14.0 Å². The summed E-state index contributed by atoms with van der Waals surface area (Å²) in [6, 6.07) is 3.38. The fourth-order valence-corrected chi connectivity index (χ4v) is 6.07. The van der Waals surface area contributed by atoms with Gasteiger partial charge in [0.15, 0.2) is 5.76 Å². The third-order valence-corrected chi connectivity index (χ3v) is 7.93. The highest BCUT2D eigenvalue weighted by atomic mass is 35.5. The van der Waals surface area contributed by atoms with Crippen LogP contribution in [0.1, 0.15) is 67.5 Å². The van der Waals surface area contributed by atoms with Crippen LogP contribution in [0.5, 0.6) is 0 Å². The van der Waals surface area contributed by atoms with Gasteiger partial charge in [0.25, 0.3) is 5.91 Å². The summed E-state index contributed by atoms with van der Waals surface area (Å²) in [5.41, 5.74) is 1.67. The normalized spacial score (nSPS) is 20.7. The lowest BCUT2D eigenvalue weighted by atomic mass is 9.74. The Morgan fingerprint density at radius 2 is 1.94 bits per heavy atom. The van der Waals surface area contributed by atoms with Gasteiger partial charge >= 0.3 is 6.03 Å². The molecule has 3 aliphatic rings. The zero-order valence-corrected chi connectivity index (χ0v) is 20.3. The molecule has 33 heavy (non-hydrogen) atoms. The summed E-state index contributed by atoms with van der Waals surface area (Å²) in [7, 11) is 4.20. The van der Waals surface area contributed by atoms with E-state index in [1.807, 2.05) is 11.0 Å². The molecule has 178 valence electrons. The van der Waals surface area contributed by atoms with Gasteiger partial charge < -0.3 is 24.9 Å². The molecule has 0 atom stereocenters. The minimum absolute atomic E-state index is 0.0624. The molecule has 5 rings (SSSR count). The quantitative estimate of drug-likeness (QED) is 0.642. The van der Waals surface area contributed by atoms with E-state index in [2.05, 4.69) is 29.6 Å². The van der Waals surface area contributed by atoms with E-state index in [4.69, 9.17) is 16.0 Å². The average Bonchev–Trinajstić information content (AvgIpc) is 3.21. The average molecular weight is 473 g/mol. The fraction of sp³-hybridized carbons (Fsp3) is 0.600. The predicted molar refractivity (Wildman–Crippen MR) is 130 cm³/mol. The second-order valence-electron chi connectivity index (χ2n) is 10.2. The Morgan fingerprint density at radius 3 is 2.64 bits per heavy atom.